The van der Waals surface area contributed by atoms with Crippen LogP contribution in [0.25, 0.3) is 11.3 Å². The highest BCUT2D eigenvalue weighted by Gasteiger charge is 2.13. The van der Waals surface area contributed by atoms with E-state index in [1.54, 1.807) is 23.5 Å². The molecule has 1 atom stereocenters. The van der Waals surface area contributed by atoms with Crippen LogP contribution in [0.1, 0.15) is 34.1 Å². The zero-order chi connectivity index (χ0) is 18.5. The number of hydrogen-bond donors (Lipinski definition) is 2. The fourth-order valence-corrected chi connectivity index (χ4v) is 3.09. The molecule has 2 N–H and O–H groups in total. The van der Waals surface area contributed by atoms with Crippen LogP contribution in [0.4, 0.5) is 0 Å². The minimum Gasteiger partial charge on any atom is -0.459 e. The number of amides is 2. The number of thiazole rings is 1. The van der Waals surface area contributed by atoms with Crippen molar-refractivity contribution in [3.8, 4) is 11.3 Å². The van der Waals surface area contributed by atoms with Crippen molar-refractivity contribution in [2.45, 2.75) is 19.9 Å². The molecule has 26 heavy (non-hydrogen) atoms. The smallest absolute Gasteiger partial charge is 0.287 e. The van der Waals surface area contributed by atoms with Crippen LogP contribution in [0.2, 0.25) is 0 Å². The quantitative estimate of drug-likeness (QED) is 0.698. The van der Waals surface area contributed by atoms with Gasteiger partial charge in [-0.25, -0.2) is 4.98 Å². The predicted molar refractivity (Wildman–Crippen MR) is 99.9 cm³/mol. The highest BCUT2D eigenvalue weighted by atomic mass is 32.1. The second kappa shape index (κ2) is 7.97. The molecule has 0 aliphatic heterocycles. The number of aromatic nitrogens is 1. The molecule has 0 aliphatic carbocycles. The third-order valence-corrected chi connectivity index (χ3v) is 4.63. The summed E-state index contributed by atoms with van der Waals surface area (Å²) in [6.45, 7) is 3.76. The van der Waals surface area contributed by atoms with Crippen molar-refractivity contribution in [1.29, 1.82) is 0 Å². The van der Waals surface area contributed by atoms with Crippen molar-refractivity contribution in [3.05, 3.63) is 64.4 Å². The highest BCUT2D eigenvalue weighted by Crippen LogP contribution is 2.23. The molecule has 3 aromatic rings. The van der Waals surface area contributed by atoms with E-state index < -0.39 is 5.91 Å². The molecule has 2 aromatic heterocycles. The molecule has 6 nitrogen and oxygen atoms in total. The Labute approximate surface area is 155 Å². The SMILES string of the molecule is Cc1nc(-c2ccc([C@H](C)NC(=O)CNC(=O)c3ccco3)cc2)cs1. The van der Waals surface area contributed by atoms with Crippen molar-refractivity contribution in [2.24, 2.45) is 0 Å². The average molecular weight is 369 g/mol. The summed E-state index contributed by atoms with van der Waals surface area (Å²) in [5.41, 5.74) is 2.98. The molecular formula is C19H19N3O3S. The highest BCUT2D eigenvalue weighted by molar-refractivity contribution is 7.09. The molecule has 0 unspecified atom stereocenters. The van der Waals surface area contributed by atoms with E-state index in [4.69, 9.17) is 4.42 Å². The standard InChI is InChI=1S/C19H19N3O3S/c1-12(21-18(23)10-20-19(24)17-4-3-9-25-17)14-5-7-15(8-6-14)16-11-26-13(2)22-16/h3-9,11-12H,10H2,1-2H3,(H,20,24)(H,21,23)/t12-/m0/s1. The van der Waals surface area contributed by atoms with E-state index in [1.165, 1.54) is 6.26 Å². The Morgan fingerprint density at radius 2 is 2.00 bits per heavy atom. The van der Waals surface area contributed by atoms with Crippen LogP contribution in [0.3, 0.4) is 0 Å². The Balaban J connectivity index is 1.53. The molecule has 2 heterocycles. The van der Waals surface area contributed by atoms with Crippen molar-refractivity contribution in [3.63, 3.8) is 0 Å². The van der Waals surface area contributed by atoms with Gasteiger partial charge in [0.05, 0.1) is 29.6 Å². The third kappa shape index (κ3) is 4.37. The zero-order valence-electron chi connectivity index (χ0n) is 14.5. The number of benzene rings is 1. The number of nitrogens with zero attached hydrogens (tertiary/aromatic N) is 1. The minimum atomic E-state index is -0.416. The first-order valence-electron chi connectivity index (χ1n) is 8.16. The topological polar surface area (TPSA) is 84.2 Å². The van der Waals surface area contributed by atoms with E-state index in [1.807, 2.05) is 43.5 Å². The summed E-state index contributed by atoms with van der Waals surface area (Å²) in [7, 11) is 0. The summed E-state index contributed by atoms with van der Waals surface area (Å²) in [6.07, 6.45) is 1.41. The summed E-state index contributed by atoms with van der Waals surface area (Å²) >= 11 is 1.62. The van der Waals surface area contributed by atoms with E-state index in [0.29, 0.717) is 0 Å². The van der Waals surface area contributed by atoms with Gasteiger partial charge in [0.15, 0.2) is 5.76 Å². The number of carbonyl (C=O) groups excluding carboxylic acids is 2. The van der Waals surface area contributed by atoms with Crippen molar-refractivity contribution < 1.29 is 14.0 Å². The molecule has 1 aromatic carbocycles. The second-order valence-electron chi connectivity index (χ2n) is 5.82. The molecule has 2 amide bonds. The number of aryl methyl sites for hydroxylation is 1. The van der Waals surface area contributed by atoms with Gasteiger partial charge in [0.25, 0.3) is 5.91 Å². The molecule has 134 valence electrons. The van der Waals surface area contributed by atoms with Crippen molar-refractivity contribution in [1.82, 2.24) is 15.6 Å². The normalized spacial score (nSPS) is 11.8. The predicted octanol–water partition coefficient (Wildman–Crippen LogP) is 3.32. The fraction of sp³-hybridized carbons (Fsp3) is 0.211. The number of rotatable bonds is 6. The van der Waals surface area contributed by atoms with Crippen molar-refractivity contribution in [2.75, 3.05) is 6.54 Å². The molecule has 0 radical (unpaired) electrons. The van der Waals surface area contributed by atoms with E-state index in [2.05, 4.69) is 15.6 Å². The van der Waals surface area contributed by atoms with Crippen molar-refractivity contribution >= 4 is 23.2 Å². The summed E-state index contributed by atoms with van der Waals surface area (Å²) in [5, 5.41) is 8.44. The molecule has 7 heteroatoms. The van der Waals surface area contributed by atoms with Gasteiger partial charge in [-0.15, -0.1) is 11.3 Å². The summed E-state index contributed by atoms with van der Waals surface area (Å²) < 4.78 is 4.98. The van der Waals surface area contributed by atoms with Gasteiger partial charge in [-0.1, -0.05) is 24.3 Å². The van der Waals surface area contributed by atoms with Gasteiger partial charge in [0.1, 0.15) is 0 Å². The minimum absolute atomic E-state index is 0.111. The van der Waals surface area contributed by atoms with Crippen LogP contribution in [-0.2, 0) is 4.79 Å². The Morgan fingerprint density at radius 3 is 2.62 bits per heavy atom. The molecular weight excluding hydrogens is 350 g/mol. The Hall–Kier alpha value is -2.93. The van der Waals surface area contributed by atoms with E-state index in [0.717, 1.165) is 21.8 Å². The lowest BCUT2D eigenvalue weighted by atomic mass is 10.0. The van der Waals surface area contributed by atoms with E-state index >= 15 is 0 Å². The van der Waals surface area contributed by atoms with Crippen LogP contribution in [-0.4, -0.2) is 23.3 Å². The average Bonchev–Trinajstić information content (AvgIpc) is 3.31. The first-order chi connectivity index (χ1) is 12.5. The Bertz CT molecular complexity index is 885. The zero-order valence-corrected chi connectivity index (χ0v) is 15.3. The van der Waals surface area contributed by atoms with Crippen LogP contribution in [0.5, 0.6) is 0 Å². The summed E-state index contributed by atoms with van der Waals surface area (Å²) in [4.78, 5) is 28.2. The van der Waals surface area contributed by atoms with Crippen LogP contribution >= 0.6 is 11.3 Å². The lowest BCUT2D eigenvalue weighted by Crippen LogP contribution is -2.37. The third-order valence-electron chi connectivity index (χ3n) is 3.86. The lowest BCUT2D eigenvalue weighted by molar-refractivity contribution is -0.120. The number of furan rings is 1. The molecule has 0 saturated heterocycles. The molecule has 0 spiro atoms. The Morgan fingerprint density at radius 1 is 1.23 bits per heavy atom. The first kappa shape index (κ1) is 17.9. The molecule has 0 saturated carbocycles. The van der Waals surface area contributed by atoms with E-state index in [9.17, 15) is 9.59 Å². The fourth-order valence-electron chi connectivity index (χ4n) is 2.47. The molecule has 3 rings (SSSR count). The molecule has 0 aliphatic rings. The van der Waals surface area contributed by atoms with Gasteiger partial charge < -0.3 is 15.1 Å². The Kier molecular flexibility index (Phi) is 5.48. The van der Waals surface area contributed by atoms with Crippen LogP contribution < -0.4 is 10.6 Å². The lowest BCUT2D eigenvalue weighted by Gasteiger charge is -2.15. The molecule has 0 bridgehead atoms. The summed E-state index contributed by atoms with van der Waals surface area (Å²) in [5.74, 6) is -0.504. The van der Waals surface area contributed by atoms with Gasteiger partial charge >= 0.3 is 0 Å². The number of hydrogen-bond acceptors (Lipinski definition) is 5. The number of carbonyl (C=O) groups is 2. The summed E-state index contributed by atoms with van der Waals surface area (Å²) in [6, 6.07) is 10.9. The maximum Gasteiger partial charge on any atom is 0.287 e. The van der Waals surface area contributed by atoms with Gasteiger partial charge in [0.2, 0.25) is 5.91 Å². The first-order valence-corrected chi connectivity index (χ1v) is 9.04. The largest absolute Gasteiger partial charge is 0.459 e. The van der Waals surface area contributed by atoms with Gasteiger partial charge in [-0.3, -0.25) is 9.59 Å². The van der Waals surface area contributed by atoms with Gasteiger partial charge in [0, 0.05) is 10.9 Å². The van der Waals surface area contributed by atoms with E-state index in [-0.39, 0.29) is 24.3 Å². The van der Waals surface area contributed by atoms with Crippen LogP contribution in [0, 0.1) is 6.92 Å². The maximum absolute atomic E-state index is 12.0. The monoisotopic (exact) mass is 369 g/mol. The molecule has 0 fully saturated rings. The second-order valence-corrected chi connectivity index (χ2v) is 6.89. The van der Waals surface area contributed by atoms with Gasteiger partial charge in [-0.05, 0) is 31.5 Å². The number of nitrogens with one attached hydrogen (secondary N) is 2. The van der Waals surface area contributed by atoms with Crippen LogP contribution in [0.15, 0.2) is 52.5 Å². The van der Waals surface area contributed by atoms with Gasteiger partial charge in [-0.2, -0.15) is 0 Å². The maximum atomic E-state index is 12.0.